The van der Waals surface area contributed by atoms with E-state index in [0.717, 1.165) is 5.56 Å². The molecule has 0 aliphatic carbocycles. The third-order valence-electron chi connectivity index (χ3n) is 2.67. The van der Waals surface area contributed by atoms with Crippen molar-refractivity contribution in [2.75, 3.05) is 0 Å². The van der Waals surface area contributed by atoms with Crippen LogP contribution >= 0.6 is 0 Å². The van der Waals surface area contributed by atoms with Gasteiger partial charge in [-0.15, -0.1) is 0 Å². The zero-order valence-electron chi connectivity index (χ0n) is 9.96. The zero-order valence-corrected chi connectivity index (χ0v) is 9.96. The topological polar surface area (TPSA) is 75.4 Å². The molecule has 2 rings (SSSR count). The maximum atomic E-state index is 10.7. The van der Waals surface area contributed by atoms with Crippen LogP contribution in [0, 0.1) is 0 Å². The van der Waals surface area contributed by atoms with E-state index in [1.807, 2.05) is 19.1 Å². The summed E-state index contributed by atoms with van der Waals surface area (Å²) in [6.07, 6.45) is 4.76. The van der Waals surface area contributed by atoms with Gasteiger partial charge in [0.1, 0.15) is 12.0 Å². The van der Waals surface area contributed by atoms with Crippen molar-refractivity contribution in [3.63, 3.8) is 0 Å². The molecule has 1 unspecified atom stereocenters. The Morgan fingerprint density at radius 2 is 2.44 bits per heavy atom. The largest absolute Gasteiger partial charge is 0.478 e. The number of aromatic nitrogens is 1. The van der Waals surface area contributed by atoms with Crippen LogP contribution in [0.4, 0.5) is 0 Å². The van der Waals surface area contributed by atoms with Crippen molar-refractivity contribution in [1.82, 2.24) is 10.3 Å². The van der Waals surface area contributed by atoms with Crippen molar-refractivity contribution in [1.29, 1.82) is 0 Å². The second-order valence-electron chi connectivity index (χ2n) is 4.00. The van der Waals surface area contributed by atoms with E-state index in [2.05, 4.69) is 10.3 Å². The highest BCUT2D eigenvalue weighted by atomic mass is 16.4. The van der Waals surface area contributed by atoms with Crippen LogP contribution in [0.2, 0.25) is 0 Å². The summed E-state index contributed by atoms with van der Waals surface area (Å²) in [5.74, 6) is -0.381. The molecule has 0 fully saturated rings. The van der Waals surface area contributed by atoms with Crippen molar-refractivity contribution in [2.45, 2.75) is 19.5 Å². The molecule has 0 saturated heterocycles. The summed E-state index contributed by atoms with van der Waals surface area (Å²) in [5, 5.41) is 12.0. The SMILES string of the molecule is CC(NCc1cc(C(=O)O)co1)c1cccnc1. The molecule has 1 atom stereocenters. The van der Waals surface area contributed by atoms with Gasteiger partial charge in [0.2, 0.25) is 0 Å². The molecular formula is C13H14N2O3. The second kappa shape index (κ2) is 5.46. The van der Waals surface area contributed by atoms with Gasteiger partial charge < -0.3 is 14.8 Å². The zero-order chi connectivity index (χ0) is 13.0. The van der Waals surface area contributed by atoms with Crippen LogP contribution in [-0.2, 0) is 6.54 Å². The molecule has 5 nitrogen and oxygen atoms in total. The quantitative estimate of drug-likeness (QED) is 0.846. The third kappa shape index (κ3) is 2.95. The number of pyridine rings is 1. The summed E-state index contributed by atoms with van der Waals surface area (Å²) in [4.78, 5) is 14.7. The highest BCUT2D eigenvalue weighted by molar-refractivity contribution is 5.87. The predicted molar refractivity (Wildman–Crippen MR) is 65.2 cm³/mol. The minimum absolute atomic E-state index is 0.122. The molecular weight excluding hydrogens is 232 g/mol. The molecule has 2 N–H and O–H groups in total. The molecule has 94 valence electrons. The van der Waals surface area contributed by atoms with Gasteiger partial charge in [0.15, 0.2) is 0 Å². The molecule has 0 bridgehead atoms. The first-order valence-corrected chi connectivity index (χ1v) is 5.61. The fourth-order valence-corrected chi connectivity index (χ4v) is 1.59. The molecule has 0 aliphatic rings. The van der Waals surface area contributed by atoms with E-state index in [4.69, 9.17) is 9.52 Å². The van der Waals surface area contributed by atoms with Crippen molar-refractivity contribution in [2.24, 2.45) is 0 Å². The normalized spacial score (nSPS) is 12.3. The summed E-state index contributed by atoms with van der Waals surface area (Å²) in [5.41, 5.74) is 1.24. The van der Waals surface area contributed by atoms with Crippen LogP contribution in [0.5, 0.6) is 0 Å². The van der Waals surface area contributed by atoms with Crippen LogP contribution in [-0.4, -0.2) is 16.1 Å². The lowest BCUT2D eigenvalue weighted by Gasteiger charge is -2.12. The summed E-state index contributed by atoms with van der Waals surface area (Å²) in [6.45, 7) is 2.49. The number of rotatable bonds is 5. The van der Waals surface area contributed by atoms with E-state index in [0.29, 0.717) is 12.3 Å². The molecule has 2 aromatic heterocycles. The first-order chi connectivity index (χ1) is 8.66. The number of nitrogens with one attached hydrogen (secondary N) is 1. The predicted octanol–water partition coefficient (Wildman–Crippen LogP) is 2.22. The maximum absolute atomic E-state index is 10.7. The molecule has 0 aromatic carbocycles. The summed E-state index contributed by atoms with van der Waals surface area (Å²) < 4.78 is 5.15. The highest BCUT2D eigenvalue weighted by Gasteiger charge is 2.10. The lowest BCUT2D eigenvalue weighted by Crippen LogP contribution is -2.17. The Labute approximate surface area is 104 Å². The van der Waals surface area contributed by atoms with Gasteiger partial charge in [-0.25, -0.2) is 4.79 Å². The first kappa shape index (κ1) is 12.3. The van der Waals surface area contributed by atoms with E-state index >= 15 is 0 Å². The van der Waals surface area contributed by atoms with Gasteiger partial charge in [-0.05, 0) is 24.6 Å². The molecule has 2 heterocycles. The number of furan rings is 1. The minimum atomic E-state index is -0.981. The van der Waals surface area contributed by atoms with Crippen molar-refractivity contribution >= 4 is 5.97 Å². The Morgan fingerprint density at radius 1 is 1.61 bits per heavy atom. The van der Waals surface area contributed by atoms with Crippen LogP contribution in [0.1, 0.15) is 34.6 Å². The molecule has 0 saturated carbocycles. The van der Waals surface area contributed by atoms with E-state index in [1.54, 1.807) is 12.4 Å². The van der Waals surface area contributed by atoms with Gasteiger partial charge in [0, 0.05) is 18.4 Å². The number of carbonyl (C=O) groups is 1. The maximum Gasteiger partial charge on any atom is 0.338 e. The van der Waals surface area contributed by atoms with E-state index in [1.165, 1.54) is 12.3 Å². The van der Waals surface area contributed by atoms with Gasteiger partial charge >= 0.3 is 5.97 Å². The number of carboxylic acids is 1. The Kier molecular flexibility index (Phi) is 3.74. The van der Waals surface area contributed by atoms with Gasteiger partial charge in [0.05, 0.1) is 12.1 Å². The van der Waals surface area contributed by atoms with Gasteiger partial charge in [-0.2, -0.15) is 0 Å². The Balaban J connectivity index is 1.93. The van der Waals surface area contributed by atoms with Crippen LogP contribution < -0.4 is 5.32 Å². The molecule has 2 aromatic rings. The molecule has 0 aliphatic heterocycles. The van der Waals surface area contributed by atoms with Crippen LogP contribution in [0.25, 0.3) is 0 Å². The van der Waals surface area contributed by atoms with Crippen molar-refractivity contribution < 1.29 is 14.3 Å². The van der Waals surface area contributed by atoms with Gasteiger partial charge in [0.25, 0.3) is 0 Å². The number of hydrogen-bond donors (Lipinski definition) is 2. The van der Waals surface area contributed by atoms with Crippen LogP contribution in [0.3, 0.4) is 0 Å². The molecule has 0 amide bonds. The van der Waals surface area contributed by atoms with E-state index in [9.17, 15) is 4.79 Å². The highest BCUT2D eigenvalue weighted by Crippen LogP contribution is 2.12. The number of aromatic carboxylic acids is 1. The molecule has 18 heavy (non-hydrogen) atoms. The van der Waals surface area contributed by atoms with E-state index < -0.39 is 5.97 Å². The molecule has 5 heteroatoms. The first-order valence-electron chi connectivity index (χ1n) is 5.61. The Bertz CT molecular complexity index is 522. The average Bonchev–Trinajstić information content (AvgIpc) is 2.86. The minimum Gasteiger partial charge on any atom is -0.478 e. The standard InChI is InChI=1S/C13H14N2O3/c1-9(10-3-2-4-14-6-10)15-7-12-5-11(8-18-12)13(16)17/h2-6,8-9,15H,7H2,1H3,(H,16,17). The van der Waals surface area contributed by atoms with Crippen LogP contribution in [0.15, 0.2) is 41.3 Å². The van der Waals surface area contributed by atoms with Crippen molar-refractivity contribution in [3.8, 4) is 0 Å². The fourth-order valence-electron chi connectivity index (χ4n) is 1.59. The number of carboxylic acid groups (broad SMARTS) is 1. The van der Waals surface area contributed by atoms with Gasteiger partial charge in [-0.3, -0.25) is 4.98 Å². The molecule has 0 radical (unpaired) electrons. The summed E-state index contributed by atoms with van der Waals surface area (Å²) >= 11 is 0. The Morgan fingerprint density at radius 3 is 3.06 bits per heavy atom. The Hall–Kier alpha value is -2.14. The molecule has 0 spiro atoms. The fraction of sp³-hybridized carbons (Fsp3) is 0.231. The van der Waals surface area contributed by atoms with Gasteiger partial charge in [-0.1, -0.05) is 6.07 Å². The summed E-state index contributed by atoms with van der Waals surface area (Å²) in [7, 11) is 0. The monoisotopic (exact) mass is 246 g/mol. The summed E-state index contributed by atoms with van der Waals surface area (Å²) in [6, 6.07) is 5.50. The van der Waals surface area contributed by atoms with E-state index in [-0.39, 0.29) is 11.6 Å². The average molecular weight is 246 g/mol. The number of hydrogen-bond acceptors (Lipinski definition) is 4. The lowest BCUT2D eigenvalue weighted by atomic mass is 10.1. The van der Waals surface area contributed by atoms with Crippen molar-refractivity contribution in [3.05, 3.63) is 53.7 Å². The lowest BCUT2D eigenvalue weighted by molar-refractivity contribution is 0.0696. The smallest absolute Gasteiger partial charge is 0.338 e. The number of nitrogens with zero attached hydrogens (tertiary/aromatic N) is 1. The second-order valence-corrected chi connectivity index (χ2v) is 4.00. The third-order valence-corrected chi connectivity index (χ3v) is 2.67.